The van der Waals surface area contributed by atoms with E-state index in [4.69, 9.17) is 0 Å². The molecule has 98 valence electrons. The van der Waals surface area contributed by atoms with Crippen molar-refractivity contribution in [3.8, 4) is 0 Å². The van der Waals surface area contributed by atoms with E-state index in [1.165, 1.54) is 0 Å². The molecule has 2 unspecified atom stereocenters. The molecule has 0 aromatic carbocycles. The lowest BCUT2D eigenvalue weighted by Crippen LogP contribution is -2.58. The van der Waals surface area contributed by atoms with Crippen LogP contribution in [0.4, 0.5) is 0 Å². The number of piperidine rings is 1. The number of nitrogens with zero attached hydrogens (tertiary/aromatic N) is 1. The molecule has 2 aliphatic rings. The van der Waals surface area contributed by atoms with Gasteiger partial charge in [-0.25, -0.2) is 0 Å². The first-order valence-electron chi connectivity index (χ1n) is 6.90. The summed E-state index contributed by atoms with van der Waals surface area (Å²) in [4.78, 5) is 14.6. The molecule has 2 heterocycles. The van der Waals surface area contributed by atoms with Crippen molar-refractivity contribution in [3.05, 3.63) is 0 Å². The lowest BCUT2D eigenvalue weighted by molar-refractivity contribution is -0.143. The summed E-state index contributed by atoms with van der Waals surface area (Å²) < 4.78 is 0. The zero-order chi connectivity index (χ0) is 12.3. The Labute approximate surface area is 103 Å². The monoisotopic (exact) mass is 240 g/mol. The highest BCUT2D eigenvalue weighted by Gasteiger charge is 2.43. The van der Waals surface area contributed by atoms with Crippen molar-refractivity contribution in [2.24, 2.45) is 0 Å². The Morgan fingerprint density at radius 1 is 1.47 bits per heavy atom. The highest BCUT2D eigenvalue weighted by atomic mass is 16.3. The quantitative estimate of drug-likeness (QED) is 0.770. The average molecular weight is 240 g/mol. The van der Waals surface area contributed by atoms with Crippen molar-refractivity contribution in [3.63, 3.8) is 0 Å². The second-order valence-electron chi connectivity index (χ2n) is 5.30. The summed E-state index contributed by atoms with van der Waals surface area (Å²) in [5.41, 5.74) is -0.342. The molecule has 0 radical (unpaired) electrons. The zero-order valence-electron chi connectivity index (χ0n) is 10.7. The first-order valence-corrected chi connectivity index (χ1v) is 6.90. The van der Waals surface area contributed by atoms with Gasteiger partial charge < -0.3 is 15.3 Å². The molecule has 2 saturated heterocycles. The van der Waals surface area contributed by atoms with Crippen molar-refractivity contribution >= 4 is 5.91 Å². The minimum absolute atomic E-state index is 0.0436. The summed E-state index contributed by atoms with van der Waals surface area (Å²) in [5, 5.41) is 12.8. The molecule has 17 heavy (non-hydrogen) atoms. The van der Waals surface area contributed by atoms with Crippen LogP contribution in [0.15, 0.2) is 0 Å². The van der Waals surface area contributed by atoms with Gasteiger partial charge in [-0.3, -0.25) is 4.79 Å². The van der Waals surface area contributed by atoms with Crippen molar-refractivity contribution in [2.75, 3.05) is 19.7 Å². The molecule has 0 bridgehead atoms. The zero-order valence-corrected chi connectivity index (χ0v) is 10.7. The van der Waals surface area contributed by atoms with Gasteiger partial charge >= 0.3 is 0 Å². The number of rotatable bonds is 3. The fraction of sp³-hybridized carbons (Fsp3) is 0.923. The molecule has 0 aliphatic carbocycles. The first-order chi connectivity index (χ1) is 8.23. The predicted molar refractivity (Wildman–Crippen MR) is 66.7 cm³/mol. The third-order valence-electron chi connectivity index (χ3n) is 4.36. The Morgan fingerprint density at radius 3 is 2.88 bits per heavy atom. The number of hydrogen-bond acceptors (Lipinski definition) is 3. The number of nitrogens with one attached hydrogen (secondary N) is 1. The second-order valence-corrected chi connectivity index (χ2v) is 5.30. The molecule has 2 rings (SSSR count). The number of aliphatic hydroxyl groups excluding tert-OH is 1. The average Bonchev–Trinajstić information content (AvgIpc) is 2.88. The molecule has 0 spiro atoms. The Bertz CT molecular complexity index is 275. The van der Waals surface area contributed by atoms with E-state index in [0.717, 1.165) is 51.6 Å². The van der Waals surface area contributed by atoms with Crippen molar-refractivity contribution in [1.29, 1.82) is 0 Å². The predicted octanol–water partition coefficient (Wildman–Crippen LogP) is 0.892. The molecular weight excluding hydrogens is 216 g/mol. The lowest BCUT2D eigenvalue weighted by atomic mass is 9.90. The number of carbonyl (C=O) groups is 1. The normalized spacial score (nSPS) is 34.0. The van der Waals surface area contributed by atoms with E-state index in [2.05, 4.69) is 12.2 Å². The molecule has 0 saturated carbocycles. The highest BCUT2D eigenvalue weighted by Crippen LogP contribution is 2.28. The van der Waals surface area contributed by atoms with Gasteiger partial charge in [-0.2, -0.15) is 0 Å². The minimum Gasteiger partial charge on any atom is -0.394 e. The van der Waals surface area contributed by atoms with Crippen LogP contribution in [0.25, 0.3) is 0 Å². The smallest absolute Gasteiger partial charge is 0.243 e. The molecular formula is C13H24N2O2. The summed E-state index contributed by atoms with van der Waals surface area (Å²) in [6, 6.07) is 0.0436. The SMILES string of the molecule is CCC1(C(=O)N2CCCCC2CO)CCCN1. The summed E-state index contributed by atoms with van der Waals surface area (Å²) in [6.07, 6.45) is 6.01. The Morgan fingerprint density at radius 2 is 2.29 bits per heavy atom. The van der Waals surface area contributed by atoms with Crippen LogP contribution in [-0.4, -0.2) is 47.2 Å². The second kappa shape index (κ2) is 5.36. The summed E-state index contributed by atoms with van der Waals surface area (Å²) in [5.74, 6) is 0.219. The highest BCUT2D eigenvalue weighted by molar-refractivity contribution is 5.87. The van der Waals surface area contributed by atoms with Crippen LogP contribution >= 0.6 is 0 Å². The van der Waals surface area contributed by atoms with E-state index in [1.54, 1.807) is 0 Å². The molecule has 2 fully saturated rings. The number of likely N-dealkylation sites (tertiary alicyclic amines) is 1. The molecule has 4 nitrogen and oxygen atoms in total. The molecule has 2 N–H and O–H groups in total. The van der Waals surface area contributed by atoms with Gasteiger partial charge in [0.15, 0.2) is 0 Å². The van der Waals surface area contributed by atoms with E-state index in [0.29, 0.717) is 0 Å². The lowest BCUT2D eigenvalue weighted by Gasteiger charge is -2.40. The van der Waals surface area contributed by atoms with Crippen LogP contribution in [0.3, 0.4) is 0 Å². The van der Waals surface area contributed by atoms with Gasteiger partial charge in [-0.05, 0) is 45.1 Å². The van der Waals surface area contributed by atoms with Crippen molar-refractivity contribution in [2.45, 2.75) is 57.0 Å². The van der Waals surface area contributed by atoms with Crippen LogP contribution in [0.5, 0.6) is 0 Å². The summed E-state index contributed by atoms with van der Waals surface area (Å²) >= 11 is 0. The summed E-state index contributed by atoms with van der Waals surface area (Å²) in [6.45, 7) is 3.93. The Balaban J connectivity index is 2.11. The maximum absolute atomic E-state index is 12.7. The maximum Gasteiger partial charge on any atom is 0.243 e. The van der Waals surface area contributed by atoms with E-state index < -0.39 is 0 Å². The number of amides is 1. The number of aliphatic hydroxyl groups is 1. The van der Waals surface area contributed by atoms with Crippen LogP contribution in [-0.2, 0) is 4.79 Å². The van der Waals surface area contributed by atoms with Crippen LogP contribution in [0, 0.1) is 0 Å². The standard InChI is InChI=1S/C13H24N2O2/c1-2-13(7-5-8-14-13)12(17)15-9-4-3-6-11(15)10-16/h11,14,16H,2-10H2,1H3. The van der Waals surface area contributed by atoms with Gasteiger partial charge in [-0.1, -0.05) is 6.92 Å². The Hall–Kier alpha value is -0.610. The fourth-order valence-electron chi connectivity index (χ4n) is 3.17. The van der Waals surface area contributed by atoms with Crippen molar-refractivity contribution in [1.82, 2.24) is 10.2 Å². The van der Waals surface area contributed by atoms with E-state index in [-0.39, 0.29) is 24.1 Å². The number of carbonyl (C=O) groups excluding carboxylic acids is 1. The minimum atomic E-state index is -0.342. The van der Waals surface area contributed by atoms with Crippen LogP contribution in [0.1, 0.15) is 45.4 Å². The van der Waals surface area contributed by atoms with E-state index >= 15 is 0 Å². The first kappa shape index (κ1) is 12.8. The van der Waals surface area contributed by atoms with Crippen LogP contribution < -0.4 is 5.32 Å². The van der Waals surface area contributed by atoms with Crippen molar-refractivity contribution < 1.29 is 9.90 Å². The van der Waals surface area contributed by atoms with E-state index in [9.17, 15) is 9.90 Å². The topological polar surface area (TPSA) is 52.6 Å². The van der Waals surface area contributed by atoms with Gasteiger partial charge in [0.25, 0.3) is 0 Å². The molecule has 0 aromatic heterocycles. The van der Waals surface area contributed by atoms with Gasteiger partial charge in [0.05, 0.1) is 18.2 Å². The molecule has 2 aliphatic heterocycles. The van der Waals surface area contributed by atoms with Gasteiger partial charge in [0, 0.05) is 6.54 Å². The summed E-state index contributed by atoms with van der Waals surface area (Å²) in [7, 11) is 0. The van der Waals surface area contributed by atoms with E-state index in [1.807, 2.05) is 4.90 Å². The molecule has 1 amide bonds. The fourth-order valence-corrected chi connectivity index (χ4v) is 3.17. The third kappa shape index (κ3) is 2.33. The molecule has 4 heteroatoms. The largest absolute Gasteiger partial charge is 0.394 e. The van der Waals surface area contributed by atoms with Gasteiger partial charge in [0.2, 0.25) is 5.91 Å². The molecule has 0 aromatic rings. The third-order valence-corrected chi connectivity index (χ3v) is 4.36. The van der Waals surface area contributed by atoms with Gasteiger partial charge in [-0.15, -0.1) is 0 Å². The van der Waals surface area contributed by atoms with Crippen LogP contribution in [0.2, 0.25) is 0 Å². The Kier molecular flexibility index (Phi) is 4.05. The van der Waals surface area contributed by atoms with Gasteiger partial charge in [0.1, 0.15) is 0 Å². The maximum atomic E-state index is 12.7. The number of hydrogen-bond donors (Lipinski definition) is 2. The molecule has 2 atom stereocenters.